The van der Waals surface area contributed by atoms with Crippen molar-refractivity contribution in [1.29, 1.82) is 0 Å². The molecule has 2 aromatic heterocycles. The molecule has 3 nitrogen and oxygen atoms in total. The quantitative estimate of drug-likeness (QED) is 0.925. The third-order valence-corrected chi connectivity index (χ3v) is 5.94. The summed E-state index contributed by atoms with van der Waals surface area (Å²) < 4.78 is 5.95. The Morgan fingerprint density at radius 2 is 2.10 bits per heavy atom. The topological polar surface area (TPSA) is 38.1 Å². The summed E-state index contributed by atoms with van der Waals surface area (Å²) in [5.41, 5.74) is 0.944. The first-order valence-electron chi connectivity index (χ1n) is 7.91. The Kier molecular flexibility index (Phi) is 2.18. The maximum atomic E-state index is 5.95. The van der Waals surface area contributed by atoms with Gasteiger partial charge in [0.2, 0.25) is 0 Å². The van der Waals surface area contributed by atoms with E-state index >= 15 is 0 Å². The predicted octanol–water partition coefficient (Wildman–Crippen LogP) is 3.52. The van der Waals surface area contributed by atoms with Crippen LogP contribution in [0.4, 0.5) is 0 Å². The molecular weight excluding hydrogens is 248 g/mol. The van der Waals surface area contributed by atoms with E-state index in [1.165, 1.54) is 19.3 Å². The van der Waals surface area contributed by atoms with Crippen molar-refractivity contribution in [1.82, 2.24) is 10.3 Å². The molecule has 0 amide bonds. The number of hydrogen-bond acceptors (Lipinski definition) is 3. The van der Waals surface area contributed by atoms with Crippen LogP contribution in [0.5, 0.6) is 0 Å². The zero-order valence-corrected chi connectivity index (χ0v) is 11.8. The van der Waals surface area contributed by atoms with E-state index < -0.39 is 0 Å². The molecule has 3 fully saturated rings. The van der Waals surface area contributed by atoms with Crippen molar-refractivity contribution in [2.45, 2.75) is 38.3 Å². The van der Waals surface area contributed by atoms with Crippen molar-refractivity contribution in [2.24, 2.45) is 23.7 Å². The van der Waals surface area contributed by atoms with Crippen molar-refractivity contribution in [3.63, 3.8) is 0 Å². The van der Waals surface area contributed by atoms with Gasteiger partial charge < -0.3 is 9.73 Å². The number of nitrogens with zero attached hydrogens (tertiary/aromatic N) is 1. The minimum absolute atomic E-state index is 0.303. The second-order valence-corrected chi connectivity index (χ2v) is 6.96. The number of hydrogen-bond donors (Lipinski definition) is 1. The van der Waals surface area contributed by atoms with Crippen LogP contribution in [-0.4, -0.2) is 11.0 Å². The van der Waals surface area contributed by atoms with Crippen LogP contribution in [0.3, 0.4) is 0 Å². The van der Waals surface area contributed by atoms with Gasteiger partial charge >= 0.3 is 0 Å². The number of fused-ring (bicyclic) bond motifs is 6. The lowest BCUT2D eigenvalue weighted by molar-refractivity contribution is 0.396. The van der Waals surface area contributed by atoms with Gasteiger partial charge in [-0.05, 0) is 62.0 Å². The molecule has 5 unspecified atom stereocenters. The molecule has 0 radical (unpaired) electrons. The fourth-order valence-corrected chi connectivity index (χ4v) is 5.04. The van der Waals surface area contributed by atoms with Crippen LogP contribution in [0.25, 0.3) is 11.0 Å². The monoisotopic (exact) mass is 268 g/mol. The van der Waals surface area contributed by atoms with Crippen molar-refractivity contribution >= 4 is 11.0 Å². The average molecular weight is 268 g/mol. The van der Waals surface area contributed by atoms with Gasteiger partial charge in [-0.3, -0.25) is 4.98 Å². The van der Waals surface area contributed by atoms with Crippen LogP contribution in [0.1, 0.15) is 38.0 Å². The van der Waals surface area contributed by atoms with Gasteiger partial charge in [0.05, 0.1) is 6.04 Å². The van der Waals surface area contributed by atoms with Crippen molar-refractivity contribution in [3.8, 4) is 0 Å². The van der Waals surface area contributed by atoms with E-state index in [1.54, 1.807) is 6.20 Å². The zero-order chi connectivity index (χ0) is 13.3. The Labute approximate surface area is 118 Å². The minimum Gasteiger partial charge on any atom is -0.459 e. The molecule has 3 aliphatic rings. The standard InChI is InChI=1S/C17H20N2O/c1-9(14-7-12-8-18-5-4-13(12)20-14)19-17-15-10-2-3-11(6-10)16(15)17/h4-5,7-11,15-17,19H,2-3,6H2,1H3. The largest absolute Gasteiger partial charge is 0.459 e. The molecule has 0 spiro atoms. The van der Waals surface area contributed by atoms with E-state index in [0.29, 0.717) is 6.04 Å². The maximum absolute atomic E-state index is 5.95. The lowest BCUT2D eigenvalue weighted by atomic mass is 10.0. The molecule has 5 rings (SSSR count). The van der Waals surface area contributed by atoms with E-state index in [-0.39, 0.29) is 0 Å². The molecule has 20 heavy (non-hydrogen) atoms. The summed E-state index contributed by atoms with van der Waals surface area (Å²) in [7, 11) is 0. The highest BCUT2D eigenvalue weighted by atomic mass is 16.3. The number of furan rings is 1. The molecule has 2 aromatic rings. The number of rotatable bonds is 3. The van der Waals surface area contributed by atoms with Gasteiger partial charge in [-0.1, -0.05) is 0 Å². The molecular formula is C17H20N2O. The van der Waals surface area contributed by atoms with E-state index in [4.69, 9.17) is 4.42 Å². The molecule has 104 valence electrons. The van der Waals surface area contributed by atoms with Crippen LogP contribution >= 0.6 is 0 Å². The highest BCUT2D eigenvalue weighted by Crippen LogP contribution is 2.65. The summed E-state index contributed by atoms with van der Waals surface area (Å²) in [6.07, 6.45) is 8.14. The summed E-state index contributed by atoms with van der Waals surface area (Å²) in [4.78, 5) is 4.15. The normalized spacial score (nSPS) is 39.1. The number of pyridine rings is 1. The summed E-state index contributed by atoms with van der Waals surface area (Å²) in [5, 5.41) is 4.92. The van der Waals surface area contributed by atoms with E-state index in [2.05, 4.69) is 23.3 Å². The van der Waals surface area contributed by atoms with Gasteiger partial charge in [-0.15, -0.1) is 0 Å². The zero-order valence-electron chi connectivity index (χ0n) is 11.8. The van der Waals surface area contributed by atoms with Crippen LogP contribution in [0.15, 0.2) is 28.9 Å². The van der Waals surface area contributed by atoms with Crippen molar-refractivity contribution < 1.29 is 4.42 Å². The van der Waals surface area contributed by atoms with Gasteiger partial charge in [0, 0.05) is 23.8 Å². The highest BCUT2D eigenvalue weighted by Gasteiger charge is 2.64. The molecule has 0 aromatic carbocycles. The first-order valence-corrected chi connectivity index (χ1v) is 7.91. The van der Waals surface area contributed by atoms with Crippen LogP contribution in [0.2, 0.25) is 0 Å². The fourth-order valence-electron chi connectivity index (χ4n) is 5.04. The van der Waals surface area contributed by atoms with Gasteiger partial charge in [0.25, 0.3) is 0 Å². The summed E-state index contributed by atoms with van der Waals surface area (Å²) in [6, 6.07) is 5.13. The molecule has 5 atom stereocenters. The first-order chi connectivity index (χ1) is 9.81. The van der Waals surface area contributed by atoms with E-state index in [1.807, 2.05) is 12.3 Å². The second-order valence-electron chi connectivity index (χ2n) is 6.96. The van der Waals surface area contributed by atoms with Gasteiger partial charge in [0.15, 0.2) is 0 Å². The third-order valence-electron chi connectivity index (χ3n) is 5.94. The lowest BCUT2D eigenvalue weighted by Gasteiger charge is -2.15. The Hall–Kier alpha value is -1.35. The molecule has 1 N–H and O–H groups in total. The molecule has 0 saturated heterocycles. The van der Waals surface area contributed by atoms with Crippen LogP contribution in [0, 0.1) is 23.7 Å². The molecule has 3 saturated carbocycles. The van der Waals surface area contributed by atoms with E-state index in [9.17, 15) is 0 Å². The Balaban J connectivity index is 1.35. The third kappa shape index (κ3) is 1.47. The molecule has 2 bridgehead atoms. The summed E-state index contributed by atoms with van der Waals surface area (Å²) in [6.45, 7) is 2.22. The average Bonchev–Trinajstić information content (AvgIpc) is 2.91. The fraction of sp³-hybridized carbons (Fsp3) is 0.588. The molecule has 2 heterocycles. The van der Waals surface area contributed by atoms with Gasteiger partial charge in [-0.2, -0.15) is 0 Å². The lowest BCUT2D eigenvalue weighted by Crippen LogP contribution is -2.25. The first kappa shape index (κ1) is 11.3. The number of aromatic nitrogens is 1. The molecule has 3 heteroatoms. The maximum Gasteiger partial charge on any atom is 0.137 e. The second kappa shape index (κ2) is 3.85. The summed E-state index contributed by atoms with van der Waals surface area (Å²) in [5.74, 6) is 5.04. The molecule has 0 aliphatic heterocycles. The Morgan fingerprint density at radius 3 is 2.85 bits per heavy atom. The smallest absolute Gasteiger partial charge is 0.137 e. The highest BCUT2D eigenvalue weighted by molar-refractivity contribution is 5.76. The van der Waals surface area contributed by atoms with Crippen molar-refractivity contribution in [3.05, 3.63) is 30.3 Å². The molecule has 3 aliphatic carbocycles. The predicted molar refractivity (Wildman–Crippen MR) is 77.2 cm³/mol. The SMILES string of the molecule is CC(NC1C2C3CCC(C3)C12)c1cc2cnccc2o1. The van der Waals surface area contributed by atoms with Crippen LogP contribution in [-0.2, 0) is 0 Å². The van der Waals surface area contributed by atoms with E-state index in [0.717, 1.165) is 46.4 Å². The van der Waals surface area contributed by atoms with Crippen LogP contribution < -0.4 is 5.32 Å². The van der Waals surface area contributed by atoms with Gasteiger partial charge in [0.1, 0.15) is 11.3 Å². The van der Waals surface area contributed by atoms with Gasteiger partial charge in [-0.25, -0.2) is 0 Å². The van der Waals surface area contributed by atoms with Crippen molar-refractivity contribution in [2.75, 3.05) is 0 Å². The minimum atomic E-state index is 0.303. The summed E-state index contributed by atoms with van der Waals surface area (Å²) >= 11 is 0. The Bertz CT molecular complexity index is 615. The number of nitrogens with one attached hydrogen (secondary N) is 1. The Morgan fingerprint density at radius 1 is 1.30 bits per heavy atom.